The van der Waals surface area contributed by atoms with E-state index in [-0.39, 0.29) is 0 Å². The van der Waals surface area contributed by atoms with E-state index in [9.17, 15) is 0 Å². The molecule has 0 amide bonds. The molecule has 0 radical (unpaired) electrons. The van der Waals surface area contributed by atoms with Crippen LogP contribution in [-0.2, 0) is 4.74 Å². The largest absolute Gasteiger partial charge is 0.378 e. The molecule has 1 heteroatoms. The topological polar surface area (TPSA) is 9.23 Å². The van der Waals surface area contributed by atoms with Crippen molar-refractivity contribution in [3.63, 3.8) is 0 Å². The fraction of sp³-hybridized carbons (Fsp3) is 1.00. The zero-order valence-corrected chi connectivity index (χ0v) is 9.42. The van der Waals surface area contributed by atoms with Crippen LogP contribution in [0.25, 0.3) is 0 Å². The van der Waals surface area contributed by atoms with Gasteiger partial charge in [0.15, 0.2) is 0 Å². The van der Waals surface area contributed by atoms with Crippen molar-refractivity contribution in [2.75, 3.05) is 6.61 Å². The van der Waals surface area contributed by atoms with Crippen molar-refractivity contribution in [2.45, 2.75) is 47.6 Å². The molecule has 2 unspecified atom stereocenters. The van der Waals surface area contributed by atoms with Gasteiger partial charge in [0.25, 0.3) is 0 Å². The summed E-state index contributed by atoms with van der Waals surface area (Å²) in [4.78, 5) is 0. The first kappa shape index (κ1) is 12.0. The first-order valence-electron chi connectivity index (χ1n) is 5.12. The summed E-state index contributed by atoms with van der Waals surface area (Å²) in [5.41, 5.74) is 0. The summed E-state index contributed by atoms with van der Waals surface area (Å²) in [7, 11) is 0. The summed E-state index contributed by atoms with van der Waals surface area (Å²) in [5.74, 6) is 2.00. The highest BCUT2D eigenvalue weighted by molar-refractivity contribution is 4.72. The Labute approximate surface area is 77.5 Å². The minimum absolute atomic E-state index is 0.426. The molecule has 0 spiro atoms. The minimum Gasteiger partial charge on any atom is -0.378 e. The van der Waals surface area contributed by atoms with Gasteiger partial charge in [0.05, 0.1) is 6.10 Å². The Bertz CT molecular complexity index is 108. The maximum Gasteiger partial charge on any atom is 0.0625 e. The summed E-state index contributed by atoms with van der Waals surface area (Å²) in [5, 5.41) is 0. The molecule has 0 aliphatic carbocycles. The van der Waals surface area contributed by atoms with E-state index in [0.29, 0.717) is 23.9 Å². The van der Waals surface area contributed by atoms with Gasteiger partial charge < -0.3 is 4.74 Å². The third-order valence-electron chi connectivity index (χ3n) is 2.59. The van der Waals surface area contributed by atoms with E-state index in [1.807, 2.05) is 0 Å². The zero-order valence-electron chi connectivity index (χ0n) is 9.42. The number of ether oxygens (including phenoxy) is 1. The lowest BCUT2D eigenvalue weighted by molar-refractivity contribution is -0.0191. The Kier molecular flexibility index (Phi) is 5.56. The van der Waals surface area contributed by atoms with Crippen molar-refractivity contribution in [1.29, 1.82) is 0 Å². The zero-order chi connectivity index (χ0) is 9.72. The Hall–Kier alpha value is -0.0400. The lowest BCUT2D eigenvalue weighted by Crippen LogP contribution is -2.30. The number of rotatable bonds is 5. The molecule has 12 heavy (non-hydrogen) atoms. The third-order valence-corrected chi connectivity index (χ3v) is 2.59. The SMILES string of the molecule is CCOC(C(C)C)C(C)C(C)C. The van der Waals surface area contributed by atoms with E-state index >= 15 is 0 Å². The molecule has 0 aromatic carbocycles. The molecule has 0 fully saturated rings. The smallest absolute Gasteiger partial charge is 0.0625 e. The van der Waals surface area contributed by atoms with Gasteiger partial charge in [-0.2, -0.15) is 0 Å². The maximum absolute atomic E-state index is 5.73. The predicted octanol–water partition coefficient (Wildman–Crippen LogP) is 3.34. The van der Waals surface area contributed by atoms with E-state index in [2.05, 4.69) is 41.5 Å². The third kappa shape index (κ3) is 3.57. The van der Waals surface area contributed by atoms with Gasteiger partial charge in [0.1, 0.15) is 0 Å². The maximum atomic E-state index is 5.73. The van der Waals surface area contributed by atoms with Crippen LogP contribution in [0.3, 0.4) is 0 Å². The van der Waals surface area contributed by atoms with Crippen molar-refractivity contribution < 1.29 is 4.74 Å². The summed E-state index contributed by atoms with van der Waals surface area (Å²) in [6, 6.07) is 0. The minimum atomic E-state index is 0.426. The molecular weight excluding hydrogens is 148 g/mol. The van der Waals surface area contributed by atoms with Crippen LogP contribution in [0.4, 0.5) is 0 Å². The first-order valence-corrected chi connectivity index (χ1v) is 5.12. The quantitative estimate of drug-likeness (QED) is 0.618. The van der Waals surface area contributed by atoms with Gasteiger partial charge in [-0.3, -0.25) is 0 Å². The van der Waals surface area contributed by atoms with Gasteiger partial charge in [0.2, 0.25) is 0 Å². The highest BCUT2D eigenvalue weighted by atomic mass is 16.5. The van der Waals surface area contributed by atoms with Gasteiger partial charge in [0, 0.05) is 6.61 Å². The standard InChI is InChI=1S/C11H24O/c1-7-12-11(9(4)5)10(6)8(2)3/h8-11H,7H2,1-6H3. The highest BCUT2D eigenvalue weighted by Crippen LogP contribution is 2.23. The molecule has 0 aliphatic rings. The Balaban J connectivity index is 4.09. The van der Waals surface area contributed by atoms with Crippen LogP contribution < -0.4 is 0 Å². The van der Waals surface area contributed by atoms with Gasteiger partial charge in [-0.25, -0.2) is 0 Å². The van der Waals surface area contributed by atoms with Crippen molar-refractivity contribution in [1.82, 2.24) is 0 Å². The second-order valence-electron chi connectivity index (χ2n) is 4.27. The fourth-order valence-corrected chi connectivity index (χ4v) is 1.52. The van der Waals surface area contributed by atoms with Gasteiger partial charge in [-0.05, 0) is 24.7 Å². The molecule has 0 saturated heterocycles. The van der Waals surface area contributed by atoms with Crippen LogP contribution >= 0.6 is 0 Å². The molecule has 0 saturated carbocycles. The monoisotopic (exact) mass is 172 g/mol. The second-order valence-corrected chi connectivity index (χ2v) is 4.27. The molecule has 0 heterocycles. The molecule has 0 aromatic rings. The average molecular weight is 172 g/mol. The van der Waals surface area contributed by atoms with Crippen LogP contribution in [0, 0.1) is 17.8 Å². The first-order chi connectivity index (χ1) is 5.50. The van der Waals surface area contributed by atoms with Crippen molar-refractivity contribution in [3.8, 4) is 0 Å². The Morgan fingerprint density at radius 1 is 0.917 bits per heavy atom. The van der Waals surface area contributed by atoms with Crippen LogP contribution in [0.15, 0.2) is 0 Å². The fourth-order valence-electron chi connectivity index (χ4n) is 1.52. The van der Waals surface area contributed by atoms with Gasteiger partial charge in [-0.1, -0.05) is 34.6 Å². The molecule has 0 aliphatic heterocycles. The van der Waals surface area contributed by atoms with Crippen LogP contribution in [-0.4, -0.2) is 12.7 Å². The molecule has 0 aromatic heterocycles. The average Bonchev–Trinajstić information content (AvgIpc) is 1.98. The van der Waals surface area contributed by atoms with E-state index in [0.717, 1.165) is 6.61 Å². The second kappa shape index (κ2) is 5.58. The summed E-state index contributed by atoms with van der Waals surface area (Å²) in [6.45, 7) is 14.2. The Morgan fingerprint density at radius 2 is 1.42 bits per heavy atom. The van der Waals surface area contributed by atoms with Gasteiger partial charge in [-0.15, -0.1) is 0 Å². The molecule has 0 N–H and O–H groups in total. The van der Waals surface area contributed by atoms with E-state index < -0.39 is 0 Å². The van der Waals surface area contributed by atoms with Crippen LogP contribution in [0.5, 0.6) is 0 Å². The molecule has 0 bridgehead atoms. The number of hydrogen-bond donors (Lipinski definition) is 0. The molecular formula is C11H24O. The van der Waals surface area contributed by atoms with Crippen molar-refractivity contribution in [2.24, 2.45) is 17.8 Å². The summed E-state index contributed by atoms with van der Waals surface area (Å²) < 4.78 is 5.73. The predicted molar refractivity (Wildman–Crippen MR) is 54.3 cm³/mol. The summed E-state index contributed by atoms with van der Waals surface area (Å²) >= 11 is 0. The molecule has 0 rings (SSSR count). The molecule has 1 nitrogen and oxygen atoms in total. The van der Waals surface area contributed by atoms with E-state index in [1.165, 1.54) is 0 Å². The molecule has 2 atom stereocenters. The van der Waals surface area contributed by atoms with E-state index in [1.54, 1.807) is 0 Å². The highest BCUT2D eigenvalue weighted by Gasteiger charge is 2.23. The number of hydrogen-bond acceptors (Lipinski definition) is 1. The van der Waals surface area contributed by atoms with Crippen molar-refractivity contribution in [3.05, 3.63) is 0 Å². The lowest BCUT2D eigenvalue weighted by atomic mass is 9.86. The lowest BCUT2D eigenvalue weighted by Gasteiger charge is -2.29. The summed E-state index contributed by atoms with van der Waals surface area (Å²) in [6.07, 6.45) is 0.426. The Morgan fingerprint density at radius 3 is 1.67 bits per heavy atom. The normalized spacial score (nSPS) is 17.0. The van der Waals surface area contributed by atoms with Gasteiger partial charge >= 0.3 is 0 Å². The van der Waals surface area contributed by atoms with Crippen LogP contribution in [0.1, 0.15) is 41.5 Å². The molecule has 74 valence electrons. The van der Waals surface area contributed by atoms with E-state index in [4.69, 9.17) is 4.74 Å². The van der Waals surface area contributed by atoms with Crippen LogP contribution in [0.2, 0.25) is 0 Å². The van der Waals surface area contributed by atoms with Crippen molar-refractivity contribution >= 4 is 0 Å².